The summed E-state index contributed by atoms with van der Waals surface area (Å²) in [5.74, 6) is 0.259. The molecule has 0 aliphatic carbocycles. The summed E-state index contributed by atoms with van der Waals surface area (Å²) in [5, 5.41) is 3.36. The Bertz CT molecular complexity index is 422. The molecule has 104 valence electrons. The van der Waals surface area contributed by atoms with Crippen molar-refractivity contribution >= 4 is 5.91 Å². The standard InChI is InChI=1S/C16H24N2O/c1-13(2)18(3)15(19)16(9-11-17-12-10-16)14-7-5-4-6-8-14/h4-8,13,17H,9-12H2,1-3H3. The average molecular weight is 260 g/mol. The third-order valence-electron chi connectivity index (χ3n) is 4.29. The molecule has 19 heavy (non-hydrogen) atoms. The zero-order valence-electron chi connectivity index (χ0n) is 12.1. The third kappa shape index (κ3) is 2.66. The second-order valence-corrected chi connectivity index (χ2v) is 5.71. The molecule has 1 heterocycles. The van der Waals surface area contributed by atoms with E-state index in [2.05, 4.69) is 31.3 Å². The SMILES string of the molecule is CC(C)N(C)C(=O)C1(c2ccccc2)CCNCC1. The summed E-state index contributed by atoms with van der Waals surface area (Å²) in [7, 11) is 1.92. The molecule has 1 saturated heterocycles. The molecule has 0 spiro atoms. The van der Waals surface area contributed by atoms with Gasteiger partial charge in [0.15, 0.2) is 0 Å². The van der Waals surface area contributed by atoms with Crippen molar-refractivity contribution in [2.24, 2.45) is 0 Å². The summed E-state index contributed by atoms with van der Waals surface area (Å²) >= 11 is 0. The topological polar surface area (TPSA) is 32.3 Å². The number of rotatable bonds is 3. The van der Waals surface area contributed by atoms with Crippen molar-refractivity contribution in [2.45, 2.75) is 38.1 Å². The van der Waals surface area contributed by atoms with E-state index in [-0.39, 0.29) is 17.4 Å². The summed E-state index contributed by atoms with van der Waals surface area (Å²) in [6.45, 7) is 5.95. The normalized spacial score (nSPS) is 18.3. The molecule has 1 N–H and O–H groups in total. The summed E-state index contributed by atoms with van der Waals surface area (Å²) in [4.78, 5) is 14.8. The fourth-order valence-electron chi connectivity index (χ4n) is 2.81. The number of likely N-dealkylation sites (N-methyl/N-ethyl adjacent to an activating group) is 1. The van der Waals surface area contributed by atoms with Gasteiger partial charge in [-0.15, -0.1) is 0 Å². The largest absolute Gasteiger partial charge is 0.343 e. The first kappa shape index (κ1) is 14.1. The van der Waals surface area contributed by atoms with E-state index in [1.807, 2.05) is 30.1 Å². The monoisotopic (exact) mass is 260 g/mol. The molecule has 1 aliphatic rings. The van der Waals surface area contributed by atoms with Crippen molar-refractivity contribution in [1.29, 1.82) is 0 Å². The molecular weight excluding hydrogens is 236 g/mol. The van der Waals surface area contributed by atoms with Gasteiger partial charge in [0.25, 0.3) is 0 Å². The minimum absolute atomic E-state index is 0.239. The average Bonchev–Trinajstić information content (AvgIpc) is 2.47. The predicted molar refractivity (Wildman–Crippen MR) is 78.1 cm³/mol. The van der Waals surface area contributed by atoms with Gasteiger partial charge in [0.2, 0.25) is 5.91 Å². The van der Waals surface area contributed by atoms with Gasteiger partial charge in [-0.1, -0.05) is 30.3 Å². The van der Waals surface area contributed by atoms with Crippen LogP contribution in [0.15, 0.2) is 30.3 Å². The van der Waals surface area contributed by atoms with Crippen LogP contribution in [-0.4, -0.2) is 37.0 Å². The Balaban J connectivity index is 2.38. The van der Waals surface area contributed by atoms with Crippen LogP contribution in [0.2, 0.25) is 0 Å². The molecule has 0 bridgehead atoms. The van der Waals surface area contributed by atoms with Gasteiger partial charge in [-0.05, 0) is 45.3 Å². The highest BCUT2D eigenvalue weighted by atomic mass is 16.2. The second kappa shape index (κ2) is 5.74. The van der Waals surface area contributed by atoms with Crippen LogP contribution in [0.1, 0.15) is 32.3 Å². The van der Waals surface area contributed by atoms with Gasteiger partial charge in [0.1, 0.15) is 0 Å². The van der Waals surface area contributed by atoms with Crippen molar-refractivity contribution < 1.29 is 4.79 Å². The van der Waals surface area contributed by atoms with Crippen LogP contribution in [0.3, 0.4) is 0 Å². The smallest absolute Gasteiger partial charge is 0.233 e. The molecule has 0 saturated carbocycles. The molecule has 1 fully saturated rings. The molecule has 0 unspecified atom stereocenters. The summed E-state index contributed by atoms with van der Waals surface area (Å²) in [6, 6.07) is 10.5. The minimum Gasteiger partial charge on any atom is -0.343 e. The Morgan fingerprint density at radius 2 is 1.79 bits per heavy atom. The summed E-state index contributed by atoms with van der Waals surface area (Å²) in [6.07, 6.45) is 1.76. The Hall–Kier alpha value is -1.35. The number of hydrogen-bond donors (Lipinski definition) is 1. The Labute approximate surface area is 116 Å². The maximum Gasteiger partial charge on any atom is 0.233 e. The highest BCUT2D eigenvalue weighted by Gasteiger charge is 2.43. The van der Waals surface area contributed by atoms with Crippen molar-refractivity contribution in [2.75, 3.05) is 20.1 Å². The van der Waals surface area contributed by atoms with Crippen LogP contribution in [0, 0.1) is 0 Å². The van der Waals surface area contributed by atoms with Crippen LogP contribution >= 0.6 is 0 Å². The Morgan fingerprint density at radius 3 is 2.32 bits per heavy atom. The van der Waals surface area contributed by atoms with Gasteiger partial charge in [-0.3, -0.25) is 4.79 Å². The van der Waals surface area contributed by atoms with Gasteiger partial charge in [-0.25, -0.2) is 0 Å². The molecule has 3 nitrogen and oxygen atoms in total. The van der Waals surface area contributed by atoms with Crippen LogP contribution in [0.25, 0.3) is 0 Å². The van der Waals surface area contributed by atoms with E-state index in [0.29, 0.717) is 0 Å². The molecule has 0 atom stereocenters. The number of carbonyl (C=O) groups is 1. The lowest BCUT2D eigenvalue weighted by atomic mass is 9.72. The predicted octanol–water partition coefficient (Wildman–Crippen LogP) is 2.17. The van der Waals surface area contributed by atoms with Crippen LogP contribution < -0.4 is 5.32 Å². The van der Waals surface area contributed by atoms with E-state index in [4.69, 9.17) is 0 Å². The quantitative estimate of drug-likeness (QED) is 0.903. The van der Waals surface area contributed by atoms with Gasteiger partial charge in [0, 0.05) is 13.1 Å². The number of benzene rings is 1. The fourth-order valence-corrected chi connectivity index (χ4v) is 2.81. The molecule has 1 aromatic rings. The minimum atomic E-state index is -0.342. The van der Waals surface area contributed by atoms with Gasteiger partial charge in [-0.2, -0.15) is 0 Å². The first-order chi connectivity index (χ1) is 9.08. The molecule has 0 aromatic heterocycles. The lowest BCUT2D eigenvalue weighted by Crippen LogP contribution is -2.52. The van der Waals surface area contributed by atoms with E-state index in [9.17, 15) is 4.79 Å². The van der Waals surface area contributed by atoms with Gasteiger partial charge >= 0.3 is 0 Å². The van der Waals surface area contributed by atoms with Crippen molar-refractivity contribution in [3.8, 4) is 0 Å². The van der Waals surface area contributed by atoms with E-state index in [0.717, 1.165) is 31.5 Å². The number of piperidine rings is 1. The maximum absolute atomic E-state index is 13.0. The number of nitrogens with one attached hydrogen (secondary N) is 1. The lowest BCUT2D eigenvalue weighted by molar-refractivity contribution is -0.138. The molecule has 3 heteroatoms. The Morgan fingerprint density at radius 1 is 1.21 bits per heavy atom. The van der Waals surface area contributed by atoms with Crippen LogP contribution in [0.5, 0.6) is 0 Å². The maximum atomic E-state index is 13.0. The third-order valence-corrected chi connectivity index (χ3v) is 4.29. The number of hydrogen-bond acceptors (Lipinski definition) is 2. The van der Waals surface area contributed by atoms with Gasteiger partial charge < -0.3 is 10.2 Å². The number of carbonyl (C=O) groups excluding carboxylic acids is 1. The molecule has 0 radical (unpaired) electrons. The van der Waals surface area contributed by atoms with E-state index >= 15 is 0 Å². The van der Waals surface area contributed by atoms with E-state index in [1.165, 1.54) is 0 Å². The molecule has 1 amide bonds. The number of amides is 1. The summed E-state index contributed by atoms with van der Waals surface area (Å²) in [5.41, 5.74) is 0.819. The second-order valence-electron chi connectivity index (χ2n) is 5.71. The first-order valence-corrected chi connectivity index (χ1v) is 7.11. The highest BCUT2D eigenvalue weighted by molar-refractivity contribution is 5.88. The summed E-state index contributed by atoms with van der Waals surface area (Å²) < 4.78 is 0. The zero-order chi connectivity index (χ0) is 13.9. The van der Waals surface area contributed by atoms with Crippen molar-refractivity contribution in [3.63, 3.8) is 0 Å². The van der Waals surface area contributed by atoms with Crippen molar-refractivity contribution in [3.05, 3.63) is 35.9 Å². The molecule has 1 aromatic carbocycles. The molecule has 2 rings (SSSR count). The lowest BCUT2D eigenvalue weighted by Gasteiger charge is -2.40. The Kier molecular flexibility index (Phi) is 4.25. The first-order valence-electron chi connectivity index (χ1n) is 7.11. The van der Waals surface area contributed by atoms with Gasteiger partial charge in [0.05, 0.1) is 5.41 Å². The molecular formula is C16H24N2O. The molecule has 1 aliphatic heterocycles. The van der Waals surface area contributed by atoms with Crippen LogP contribution in [0.4, 0.5) is 0 Å². The van der Waals surface area contributed by atoms with Crippen molar-refractivity contribution in [1.82, 2.24) is 10.2 Å². The number of nitrogens with zero attached hydrogens (tertiary/aromatic N) is 1. The van der Waals surface area contributed by atoms with Crippen LogP contribution in [-0.2, 0) is 10.2 Å². The van der Waals surface area contributed by atoms with E-state index in [1.54, 1.807) is 0 Å². The zero-order valence-corrected chi connectivity index (χ0v) is 12.1. The van der Waals surface area contributed by atoms with E-state index < -0.39 is 0 Å². The fraction of sp³-hybridized carbons (Fsp3) is 0.562. The highest BCUT2D eigenvalue weighted by Crippen LogP contribution is 2.35.